The molecule has 12 nitrogen and oxygen atoms in total. The van der Waals surface area contributed by atoms with Gasteiger partial charge in [0, 0.05) is 43.3 Å². The zero-order chi connectivity index (χ0) is 38.3. The van der Waals surface area contributed by atoms with Gasteiger partial charge in [0.1, 0.15) is 29.9 Å². The molecule has 2 aromatic rings. The predicted octanol–water partition coefficient (Wildman–Crippen LogP) is 3.17. The maximum atomic E-state index is 14.3. The molecule has 5 atom stereocenters. The number of benzene rings is 2. The Hall–Kier alpha value is -4.05. The molecule has 0 saturated heterocycles. The Balaban J connectivity index is 1.99. The van der Waals surface area contributed by atoms with Gasteiger partial charge in [0.2, 0.25) is 11.8 Å². The van der Waals surface area contributed by atoms with Crippen molar-refractivity contribution in [1.82, 2.24) is 16.0 Å². The van der Waals surface area contributed by atoms with Crippen LogP contribution in [0.2, 0.25) is 0 Å². The fourth-order valence-corrected chi connectivity index (χ4v) is 8.20. The second kappa shape index (κ2) is 20.9. The number of nitrogens with one attached hydrogen (secondary N) is 3. The van der Waals surface area contributed by atoms with E-state index in [1.165, 1.54) is 13.3 Å². The lowest BCUT2D eigenvalue weighted by Gasteiger charge is -2.34. The van der Waals surface area contributed by atoms with E-state index in [9.17, 15) is 41.8 Å². The van der Waals surface area contributed by atoms with Crippen LogP contribution in [-0.2, 0) is 30.6 Å². The van der Waals surface area contributed by atoms with E-state index in [1.807, 2.05) is 13.8 Å². The zero-order valence-corrected chi connectivity index (χ0v) is 30.6. The number of nitrogens with zero attached hydrogens (tertiary/aromatic N) is 1. The van der Waals surface area contributed by atoms with E-state index < -0.39 is 87.0 Å². The minimum Gasteiger partial charge on any atom is -0.388 e. The minimum atomic E-state index is -3.97. The van der Waals surface area contributed by atoms with Crippen LogP contribution in [0.15, 0.2) is 65.3 Å². The third-order valence-corrected chi connectivity index (χ3v) is 11.1. The van der Waals surface area contributed by atoms with Crippen LogP contribution in [0.4, 0.5) is 8.78 Å². The number of methoxy groups -OCH3 is 1. The first-order valence-corrected chi connectivity index (χ1v) is 19.2. The fourth-order valence-electron chi connectivity index (χ4n) is 6.04. The molecule has 0 radical (unpaired) electrons. The molecule has 52 heavy (non-hydrogen) atoms. The maximum absolute atomic E-state index is 14.3. The van der Waals surface area contributed by atoms with Crippen molar-refractivity contribution >= 4 is 33.8 Å². The number of halogens is 2. The van der Waals surface area contributed by atoms with Gasteiger partial charge in [-0.25, -0.2) is 17.2 Å². The average molecular weight is 749 g/mol. The molecule has 5 N–H and O–H groups in total. The highest BCUT2D eigenvalue weighted by molar-refractivity contribution is 7.92. The minimum absolute atomic E-state index is 0.000183. The number of aliphatic hydroxyl groups is 2. The molecule has 1 aliphatic heterocycles. The lowest BCUT2D eigenvalue weighted by Crippen LogP contribution is -2.60. The van der Waals surface area contributed by atoms with E-state index in [4.69, 9.17) is 4.74 Å². The average Bonchev–Trinajstić information content (AvgIpc) is 3.12. The molecule has 3 amide bonds. The molecule has 286 valence electrons. The third-order valence-electron chi connectivity index (χ3n) is 8.79. The lowest BCUT2D eigenvalue weighted by molar-refractivity contribution is -0.128. The van der Waals surface area contributed by atoms with Gasteiger partial charge in [-0.3, -0.25) is 19.4 Å². The SMILES string of the molecule is CCCC(CCC)S(=O)(=O)C[C@@H](NC(=O)C1=CN=CCC1)C(=O)N[C@@H](Cc1cc(F)cc(F)c1)C(O)C(O)C(CCOC)NC(=O)c1ccccc1. The number of aliphatic imine (C=N–C) groups is 1. The monoisotopic (exact) mass is 748 g/mol. The number of ether oxygens (including phenoxy) is 1. The number of hydrogen-bond donors (Lipinski definition) is 5. The number of amides is 3. The Morgan fingerprint density at radius 2 is 1.52 bits per heavy atom. The molecular weight excluding hydrogens is 698 g/mol. The number of carbonyl (C=O) groups is 3. The normalized spacial score (nSPS) is 16.0. The summed E-state index contributed by atoms with van der Waals surface area (Å²) in [4.78, 5) is 44.4. The summed E-state index contributed by atoms with van der Waals surface area (Å²) in [5.74, 6) is -4.92. The summed E-state index contributed by atoms with van der Waals surface area (Å²) in [5, 5.41) is 30.1. The van der Waals surface area contributed by atoms with Crippen molar-refractivity contribution in [3.8, 4) is 0 Å². The summed E-state index contributed by atoms with van der Waals surface area (Å²) in [6.07, 6.45) is 1.46. The molecule has 3 rings (SSSR count). The first-order valence-electron chi connectivity index (χ1n) is 17.5. The molecule has 0 saturated carbocycles. The molecule has 1 aliphatic rings. The van der Waals surface area contributed by atoms with Crippen LogP contribution in [-0.4, -0.2) is 97.6 Å². The van der Waals surface area contributed by atoms with Crippen molar-refractivity contribution in [2.75, 3.05) is 19.5 Å². The van der Waals surface area contributed by atoms with Gasteiger partial charge in [-0.05, 0) is 68.4 Å². The summed E-state index contributed by atoms with van der Waals surface area (Å²) >= 11 is 0. The van der Waals surface area contributed by atoms with E-state index in [0.717, 1.165) is 12.1 Å². The van der Waals surface area contributed by atoms with Gasteiger partial charge in [0.15, 0.2) is 9.84 Å². The molecule has 1 heterocycles. The summed E-state index contributed by atoms with van der Waals surface area (Å²) in [5.41, 5.74) is 0.503. The largest absolute Gasteiger partial charge is 0.388 e. The first-order chi connectivity index (χ1) is 24.8. The fraction of sp³-hybridized carbons (Fsp3) is 0.514. The van der Waals surface area contributed by atoms with Crippen molar-refractivity contribution < 1.29 is 46.5 Å². The molecular formula is C37H50F2N4O8S. The van der Waals surface area contributed by atoms with Crippen LogP contribution in [0.25, 0.3) is 0 Å². The van der Waals surface area contributed by atoms with Crippen molar-refractivity contribution in [2.45, 2.75) is 101 Å². The van der Waals surface area contributed by atoms with Crippen LogP contribution in [0.3, 0.4) is 0 Å². The Morgan fingerprint density at radius 3 is 2.10 bits per heavy atom. The van der Waals surface area contributed by atoms with E-state index in [1.54, 1.807) is 36.5 Å². The highest BCUT2D eigenvalue weighted by atomic mass is 32.2. The first kappa shape index (κ1) is 42.4. The van der Waals surface area contributed by atoms with Gasteiger partial charge < -0.3 is 30.9 Å². The van der Waals surface area contributed by atoms with Gasteiger partial charge >= 0.3 is 0 Å². The molecule has 2 aromatic carbocycles. The Labute approximate surface area is 304 Å². The van der Waals surface area contributed by atoms with E-state index in [0.29, 0.717) is 44.6 Å². The topological polar surface area (TPSA) is 183 Å². The van der Waals surface area contributed by atoms with Crippen LogP contribution in [0.5, 0.6) is 0 Å². The number of carbonyl (C=O) groups excluding carboxylic acids is 3. The molecule has 0 bridgehead atoms. The Kier molecular flexibility index (Phi) is 17.0. The molecule has 15 heteroatoms. The summed E-state index contributed by atoms with van der Waals surface area (Å²) in [7, 11) is -2.56. The maximum Gasteiger partial charge on any atom is 0.251 e. The van der Waals surface area contributed by atoms with E-state index in [-0.39, 0.29) is 29.7 Å². The smallest absolute Gasteiger partial charge is 0.251 e. The lowest BCUT2D eigenvalue weighted by atomic mass is 9.92. The van der Waals surface area contributed by atoms with Crippen LogP contribution < -0.4 is 16.0 Å². The summed E-state index contributed by atoms with van der Waals surface area (Å²) in [6.45, 7) is 3.74. The van der Waals surface area contributed by atoms with Gasteiger partial charge in [0.25, 0.3) is 5.91 Å². The Morgan fingerprint density at radius 1 is 0.885 bits per heavy atom. The summed E-state index contributed by atoms with van der Waals surface area (Å²) in [6, 6.07) is 6.45. The van der Waals surface area contributed by atoms with Crippen molar-refractivity contribution in [2.24, 2.45) is 4.99 Å². The zero-order valence-electron chi connectivity index (χ0n) is 29.8. The molecule has 0 aromatic heterocycles. The van der Waals surface area contributed by atoms with Gasteiger partial charge in [0.05, 0.1) is 23.1 Å². The molecule has 0 fully saturated rings. The number of sulfone groups is 1. The van der Waals surface area contributed by atoms with E-state index in [2.05, 4.69) is 20.9 Å². The second-order valence-electron chi connectivity index (χ2n) is 12.9. The Bertz CT molecular complexity index is 1630. The molecule has 0 spiro atoms. The standard InChI is InChI=1S/C37H50F2N4O8S/c1-4-10-29(11-5-2)52(49,50)23-32(43-36(47)26-14-9-16-40-22-26)37(48)42-31(20-24-18-27(38)21-28(39)19-24)34(45)33(44)30(15-17-51-3)41-35(46)25-12-7-6-8-13-25/h6-8,12-13,16,18-19,21-22,29-34,44-45H,4-5,9-11,14-15,17,20,23H2,1-3H3,(H,41,46)(H,42,48)(H,43,47)/t30?,31-,32+,33?,34?/m0/s1. The number of rotatable bonds is 21. The highest BCUT2D eigenvalue weighted by Crippen LogP contribution is 2.20. The number of aliphatic hydroxyl groups excluding tert-OH is 2. The van der Waals surface area contributed by atoms with Crippen molar-refractivity contribution in [1.29, 1.82) is 0 Å². The molecule has 0 aliphatic carbocycles. The van der Waals surface area contributed by atoms with Gasteiger partial charge in [-0.15, -0.1) is 0 Å². The van der Waals surface area contributed by atoms with Crippen LogP contribution in [0.1, 0.15) is 74.7 Å². The highest BCUT2D eigenvalue weighted by Gasteiger charge is 2.38. The van der Waals surface area contributed by atoms with Crippen molar-refractivity contribution in [3.63, 3.8) is 0 Å². The van der Waals surface area contributed by atoms with Gasteiger partial charge in [-0.1, -0.05) is 44.9 Å². The third kappa shape index (κ3) is 12.9. The number of hydrogen-bond acceptors (Lipinski definition) is 9. The van der Waals surface area contributed by atoms with Gasteiger partial charge in [-0.2, -0.15) is 0 Å². The second-order valence-corrected chi connectivity index (χ2v) is 15.2. The summed E-state index contributed by atoms with van der Waals surface area (Å²) < 4.78 is 61.1. The quantitative estimate of drug-likeness (QED) is 0.129. The van der Waals surface area contributed by atoms with E-state index >= 15 is 0 Å². The van der Waals surface area contributed by atoms with Crippen LogP contribution >= 0.6 is 0 Å². The molecule has 3 unspecified atom stereocenters. The predicted molar refractivity (Wildman–Crippen MR) is 193 cm³/mol. The van der Waals surface area contributed by atoms with Crippen LogP contribution in [0, 0.1) is 11.6 Å². The van der Waals surface area contributed by atoms with Crippen molar-refractivity contribution in [3.05, 3.63) is 83.1 Å².